The maximum Gasteiger partial charge on any atom is 0.261 e. The number of aliphatic hydroxyl groups is 1. The lowest BCUT2D eigenvalue weighted by Crippen LogP contribution is -2.70. The molecule has 2 aliphatic rings. The van der Waals surface area contributed by atoms with Crippen LogP contribution in [0, 0.1) is 5.82 Å². The van der Waals surface area contributed by atoms with E-state index in [1.54, 1.807) is 46.2 Å². The number of likely N-dealkylation sites (tertiary alicyclic amines) is 1. The minimum Gasteiger partial charge on any atom is -0.394 e. The highest BCUT2D eigenvalue weighted by Crippen LogP contribution is 2.48. The number of carbonyl (C=O) groups is 2. The van der Waals surface area contributed by atoms with E-state index in [0.717, 1.165) is 5.56 Å². The number of nitrogens with zero attached hydrogens (tertiary/aromatic N) is 2. The van der Waals surface area contributed by atoms with Crippen LogP contribution in [0.3, 0.4) is 0 Å². The fourth-order valence-electron chi connectivity index (χ4n) is 4.87. The zero-order valence-electron chi connectivity index (χ0n) is 16.7. The Balaban J connectivity index is 1.55. The molecule has 3 aromatic rings. The molecular weight excluding hydrogens is 395 g/mol. The number of halogens is 1. The van der Waals surface area contributed by atoms with Gasteiger partial charge in [0.1, 0.15) is 5.82 Å². The zero-order valence-corrected chi connectivity index (χ0v) is 16.7. The average Bonchev–Trinajstić information content (AvgIpc) is 2.80. The third-order valence-corrected chi connectivity index (χ3v) is 6.29. The number of carbonyl (C=O) groups excluding carboxylic acids is 2. The van der Waals surface area contributed by atoms with Crippen LogP contribution in [0.4, 0.5) is 10.1 Å². The maximum absolute atomic E-state index is 14.4. The Morgan fingerprint density at radius 1 is 0.903 bits per heavy atom. The molecule has 0 bridgehead atoms. The van der Waals surface area contributed by atoms with Gasteiger partial charge in [-0.25, -0.2) is 4.39 Å². The van der Waals surface area contributed by atoms with Crippen LogP contribution in [0.25, 0.3) is 0 Å². The van der Waals surface area contributed by atoms with Crippen molar-refractivity contribution in [1.29, 1.82) is 0 Å². The number of anilines is 1. The van der Waals surface area contributed by atoms with Crippen LogP contribution in [-0.4, -0.2) is 47.1 Å². The van der Waals surface area contributed by atoms with Gasteiger partial charge in [-0.1, -0.05) is 48.5 Å². The summed E-state index contributed by atoms with van der Waals surface area (Å²) in [6.45, 7) is 0.0687. The summed E-state index contributed by atoms with van der Waals surface area (Å²) in [5, 5.41) is 10.1. The summed E-state index contributed by atoms with van der Waals surface area (Å²) in [6, 6.07) is 21.6. The van der Waals surface area contributed by atoms with Gasteiger partial charge in [0.15, 0.2) is 0 Å². The number of hydrogen-bond acceptors (Lipinski definition) is 3. The van der Waals surface area contributed by atoms with Gasteiger partial charge in [0.2, 0.25) is 0 Å². The molecule has 3 aromatic carbocycles. The number of para-hydroxylation sites is 1. The smallest absolute Gasteiger partial charge is 0.261 e. The van der Waals surface area contributed by atoms with Crippen LogP contribution in [0.15, 0.2) is 78.9 Å². The van der Waals surface area contributed by atoms with Crippen molar-refractivity contribution in [2.45, 2.75) is 18.0 Å². The summed E-state index contributed by atoms with van der Waals surface area (Å²) < 4.78 is 14.4. The molecule has 1 saturated heterocycles. The summed E-state index contributed by atoms with van der Waals surface area (Å²) in [5.74, 6) is -1.29. The summed E-state index contributed by atoms with van der Waals surface area (Å²) in [4.78, 5) is 29.7. The summed E-state index contributed by atoms with van der Waals surface area (Å²) in [5.41, 5.74) is 2.11. The molecule has 3 atom stereocenters. The zero-order chi connectivity index (χ0) is 21.5. The van der Waals surface area contributed by atoms with Gasteiger partial charge in [-0.05, 0) is 35.9 Å². The molecule has 2 aliphatic heterocycles. The molecule has 0 aliphatic carbocycles. The van der Waals surface area contributed by atoms with Crippen molar-refractivity contribution in [2.24, 2.45) is 0 Å². The van der Waals surface area contributed by atoms with Gasteiger partial charge >= 0.3 is 0 Å². The van der Waals surface area contributed by atoms with E-state index in [1.165, 1.54) is 12.1 Å². The lowest BCUT2D eigenvalue weighted by Gasteiger charge is -2.58. The SMILES string of the molecule is O=C(c1ccccc1F)N1C[C@@H]2[C@H](c3ccccc31)[C@H](CO)N2C(=O)c1ccccc1. The molecule has 0 aromatic heterocycles. The lowest BCUT2D eigenvalue weighted by molar-refractivity contribution is -0.0246. The molecule has 0 saturated carbocycles. The first kappa shape index (κ1) is 19.5. The van der Waals surface area contributed by atoms with E-state index in [-0.39, 0.29) is 42.6 Å². The van der Waals surface area contributed by atoms with E-state index >= 15 is 0 Å². The molecule has 0 spiro atoms. The first-order valence-corrected chi connectivity index (χ1v) is 10.3. The van der Waals surface area contributed by atoms with Crippen molar-refractivity contribution in [3.63, 3.8) is 0 Å². The second-order valence-corrected chi connectivity index (χ2v) is 7.88. The predicted molar refractivity (Wildman–Crippen MR) is 115 cm³/mol. The Morgan fingerprint density at radius 3 is 2.32 bits per heavy atom. The Labute approximate surface area is 179 Å². The normalized spacial score (nSPS) is 21.7. The van der Waals surface area contributed by atoms with Crippen molar-refractivity contribution < 1.29 is 19.1 Å². The van der Waals surface area contributed by atoms with Crippen LogP contribution >= 0.6 is 0 Å². The highest BCUT2D eigenvalue weighted by atomic mass is 19.1. The topological polar surface area (TPSA) is 60.9 Å². The van der Waals surface area contributed by atoms with E-state index in [9.17, 15) is 19.1 Å². The molecule has 5 rings (SSSR count). The number of amides is 2. The van der Waals surface area contributed by atoms with Crippen LogP contribution in [-0.2, 0) is 0 Å². The van der Waals surface area contributed by atoms with Crippen molar-refractivity contribution in [2.75, 3.05) is 18.1 Å². The minimum atomic E-state index is -0.578. The molecule has 2 heterocycles. The standard InChI is InChI=1S/C25H21FN2O3/c26-19-12-6-4-10-17(19)25(31)27-14-21-23(18-11-5-7-13-20(18)27)22(15-29)28(21)24(30)16-8-2-1-3-9-16/h1-13,21-23,29H,14-15H2/t21-,22+,23+/m1/s1. The third kappa shape index (κ3) is 3.02. The first-order valence-electron chi connectivity index (χ1n) is 10.3. The van der Waals surface area contributed by atoms with Crippen molar-refractivity contribution in [3.8, 4) is 0 Å². The van der Waals surface area contributed by atoms with E-state index in [0.29, 0.717) is 11.3 Å². The molecule has 0 unspecified atom stereocenters. The maximum atomic E-state index is 14.4. The Kier molecular flexibility index (Phi) is 4.79. The van der Waals surface area contributed by atoms with Crippen LogP contribution in [0.1, 0.15) is 32.2 Å². The summed E-state index contributed by atoms with van der Waals surface area (Å²) in [6.07, 6.45) is 0. The van der Waals surface area contributed by atoms with Gasteiger partial charge in [-0.3, -0.25) is 9.59 Å². The second kappa shape index (κ2) is 7.63. The van der Waals surface area contributed by atoms with Crippen molar-refractivity contribution >= 4 is 17.5 Å². The molecule has 156 valence electrons. The summed E-state index contributed by atoms with van der Waals surface area (Å²) >= 11 is 0. The van der Waals surface area contributed by atoms with E-state index in [1.807, 2.05) is 30.3 Å². The number of hydrogen-bond donors (Lipinski definition) is 1. The molecule has 31 heavy (non-hydrogen) atoms. The third-order valence-electron chi connectivity index (χ3n) is 6.29. The minimum absolute atomic E-state index is 0.00489. The van der Waals surface area contributed by atoms with Gasteiger partial charge < -0.3 is 14.9 Å². The van der Waals surface area contributed by atoms with Crippen molar-refractivity contribution in [1.82, 2.24) is 4.90 Å². The molecule has 1 fully saturated rings. The van der Waals surface area contributed by atoms with Gasteiger partial charge in [0.05, 0.1) is 24.3 Å². The summed E-state index contributed by atoms with van der Waals surface area (Å²) in [7, 11) is 0. The number of rotatable bonds is 3. The molecule has 0 radical (unpaired) electrons. The monoisotopic (exact) mass is 416 g/mol. The fourth-order valence-corrected chi connectivity index (χ4v) is 4.87. The first-order chi connectivity index (χ1) is 15.1. The number of fused-ring (bicyclic) bond motifs is 3. The number of aliphatic hydroxyl groups excluding tert-OH is 1. The predicted octanol–water partition coefficient (Wildman–Crippen LogP) is 3.46. The highest BCUT2D eigenvalue weighted by Gasteiger charge is 2.55. The second-order valence-electron chi connectivity index (χ2n) is 7.88. The molecule has 2 amide bonds. The van der Waals surface area contributed by atoms with Gasteiger partial charge in [0, 0.05) is 23.7 Å². The van der Waals surface area contributed by atoms with Gasteiger partial charge in [-0.2, -0.15) is 0 Å². The average molecular weight is 416 g/mol. The van der Waals surface area contributed by atoms with Crippen molar-refractivity contribution in [3.05, 3.63) is 101 Å². The molecular formula is C25H21FN2O3. The molecule has 5 nitrogen and oxygen atoms in total. The van der Waals surface area contributed by atoms with Crippen LogP contribution in [0.5, 0.6) is 0 Å². The van der Waals surface area contributed by atoms with E-state index in [4.69, 9.17) is 0 Å². The lowest BCUT2D eigenvalue weighted by atomic mass is 9.71. The quantitative estimate of drug-likeness (QED) is 0.712. The van der Waals surface area contributed by atoms with Crippen LogP contribution in [0.2, 0.25) is 0 Å². The van der Waals surface area contributed by atoms with Gasteiger partial charge in [-0.15, -0.1) is 0 Å². The largest absolute Gasteiger partial charge is 0.394 e. The molecule has 6 heteroatoms. The number of benzene rings is 3. The Bertz CT molecular complexity index is 1150. The molecule has 1 N–H and O–H groups in total. The fraction of sp³-hybridized carbons (Fsp3) is 0.200. The van der Waals surface area contributed by atoms with Gasteiger partial charge in [0.25, 0.3) is 11.8 Å². The van der Waals surface area contributed by atoms with E-state index in [2.05, 4.69) is 0 Å². The highest BCUT2D eigenvalue weighted by molar-refractivity contribution is 6.07. The van der Waals surface area contributed by atoms with E-state index < -0.39 is 11.7 Å². The Hall–Kier alpha value is -3.51. The Morgan fingerprint density at radius 2 is 1.58 bits per heavy atom. The van der Waals surface area contributed by atoms with Crippen LogP contribution < -0.4 is 4.90 Å².